The van der Waals surface area contributed by atoms with Gasteiger partial charge in [0.2, 0.25) is 17.7 Å². The first kappa shape index (κ1) is 22.7. The molecule has 31 heavy (non-hydrogen) atoms. The number of fused-ring (bicyclic) bond motifs is 1. The van der Waals surface area contributed by atoms with Gasteiger partial charge >= 0.3 is 0 Å². The predicted molar refractivity (Wildman–Crippen MR) is 118 cm³/mol. The Kier molecular flexibility index (Phi) is 7.27. The molecule has 3 amide bonds. The number of hydrogen-bond acceptors (Lipinski definition) is 5. The van der Waals surface area contributed by atoms with E-state index in [2.05, 4.69) is 10.3 Å². The van der Waals surface area contributed by atoms with E-state index in [0.29, 0.717) is 39.1 Å². The van der Waals surface area contributed by atoms with Gasteiger partial charge in [-0.1, -0.05) is 13.8 Å². The van der Waals surface area contributed by atoms with Crippen LogP contribution in [0.5, 0.6) is 0 Å². The van der Waals surface area contributed by atoms with E-state index in [1.165, 1.54) is 0 Å². The molecule has 1 fully saturated rings. The van der Waals surface area contributed by atoms with E-state index in [1.807, 2.05) is 36.7 Å². The summed E-state index contributed by atoms with van der Waals surface area (Å²) in [7, 11) is 0. The summed E-state index contributed by atoms with van der Waals surface area (Å²) in [5.41, 5.74) is 6.86. The highest BCUT2D eigenvalue weighted by atomic mass is 16.2. The Morgan fingerprint density at radius 1 is 1.10 bits per heavy atom. The molecule has 9 heteroatoms. The number of rotatable bonds is 7. The van der Waals surface area contributed by atoms with Crippen molar-refractivity contribution in [2.45, 2.75) is 45.8 Å². The fraction of sp³-hybridized carbons (Fsp3) is 0.545. The standard InChI is InChI=1S/C22H32N6O3/c1-15(2)20(23)21(30)25-16(3)22(31)28-12-10-27(11-13-28)19(29)6-9-26-8-5-17-4-7-24-14-18(17)26/h4-5,7-8,14-16,20H,6,9-13,23H2,1-3H3,(H,25,30). The first-order chi connectivity index (χ1) is 14.8. The number of carbonyl (C=O) groups excluding carboxylic acids is 3. The highest BCUT2D eigenvalue weighted by Crippen LogP contribution is 2.15. The van der Waals surface area contributed by atoms with Gasteiger partial charge in [0.25, 0.3) is 0 Å². The van der Waals surface area contributed by atoms with E-state index >= 15 is 0 Å². The minimum Gasteiger partial charge on any atom is -0.346 e. The Morgan fingerprint density at radius 2 is 1.77 bits per heavy atom. The van der Waals surface area contributed by atoms with E-state index in [-0.39, 0.29) is 23.6 Å². The Hall–Kier alpha value is -2.94. The molecule has 0 aromatic carbocycles. The lowest BCUT2D eigenvalue weighted by atomic mass is 10.0. The van der Waals surface area contributed by atoms with E-state index in [4.69, 9.17) is 5.73 Å². The maximum Gasteiger partial charge on any atom is 0.244 e. The van der Waals surface area contributed by atoms with Crippen LogP contribution in [-0.4, -0.2) is 75.3 Å². The number of amides is 3. The quantitative estimate of drug-likeness (QED) is 0.670. The van der Waals surface area contributed by atoms with E-state index < -0.39 is 12.1 Å². The van der Waals surface area contributed by atoms with Gasteiger partial charge in [-0.25, -0.2) is 0 Å². The zero-order valence-corrected chi connectivity index (χ0v) is 18.5. The second-order valence-corrected chi connectivity index (χ2v) is 8.40. The van der Waals surface area contributed by atoms with Crippen LogP contribution in [0.4, 0.5) is 0 Å². The summed E-state index contributed by atoms with van der Waals surface area (Å²) < 4.78 is 2.03. The van der Waals surface area contributed by atoms with Crippen LogP contribution in [0.3, 0.4) is 0 Å². The Bertz CT molecular complexity index is 932. The van der Waals surface area contributed by atoms with Crippen LogP contribution in [-0.2, 0) is 20.9 Å². The first-order valence-electron chi connectivity index (χ1n) is 10.8. The minimum absolute atomic E-state index is 0.00217. The molecule has 168 valence electrons. The number of nitrogens with zero attached hydrogens (tertiary/aromatic N) is 4. The van der Waals surface area contributed by atoms with Gasteiger partial charge in [-0.2, -0.15) is 0 Å². The summed E-state index contributed by atoms with van der Waals surface area (Å²) in [6.45, 7) is 7.88. The number of aromatic nitrogens is 2. The summed E-state index contributed by atoms with van der Waals surface area (Å²) in [6.07, 6.45) is 5.92. The van der Waals surface area contributed by atoms with Crippen molar-refractivity contribution in [2.24, 2.45) is 11.7 Å². The Labute approximate surface area is 182 Å². The Morgan fingerprint density at radius 3 is 2.45 bits per heavy atom. The monoisotopic (exact) mass is 428 g/mol. The van der Waals surface area contributed by atoms with Gasteiger partial charge < -0.3 is 25.4 Å². The number of nitrogens with two attached hydrogens (primary N) is 1. The topological polar surface area (TPSA) is 114 Å². The van der Waals surface area contributed by atoms with Crippen molar-refractivity contribution in [3.05, 3.63) is 30.7 Å². The fourth-order valence-electron chi connectivity index (χ4n) is 3.72. The molecule has 2 aromatic rings. The van der Waals surface area contributed by atoms with Crippen molar-refractivity contribution in [3.8, 4) is 0 Å². The molecule has 2 atom stereocenters. The molecule has 2 aromatic heterocycles. The number of piperazine rings is 1. The molecule has 1 aliphatic rings. The number of nitrogens with one attached hydrogen (secondary N) is 1. The number of hydrogen-bond donors (Lipinski definition) is 2. The van der Waals surface area contributed by atoms with Gasteiger partial charge in [-0.15, -0.1) is 0 Å². The van der Waals surface area contributed by atoms with Crippen molar-refractivity contribution >= 4 is 28.6 Å². The van der Waals surface area contributed by atoms with Crippen LogP contribution in [0, 0.1) is 5.92 Å². The molecule has 1 saturated heterocycles. The summed E-state index contributed by atoms with van der Waals surface area (Å²) in [6, 6.07) is 2.68. The van der Waals surface area contributed by atoms with Crippen LogP contribution in [0.2, 0.25) is 0 Å². The SMILES string of the molecule is CC(NC(=O)C(N)C(C)C)C(=O)N1CCN(C(=O)CCn2ccc3ccncc32)CC1. The summed E-state index contributed by atoms with van der Waals surface area (Å²) in [5, 5.41) is 3.80. The van der Waals surface area contributed by atoms with E-state index in [1.54, 1.807) is 29.1 Å². The molecule has 0 spiro atoms. The second-order valence-electron chi connectivity index (χ2n) is 8.40. The summed E-state index contributed by atoms with van der Waals surface area (Å²) in [5.74, 6) is -0.403. The van der Waals surface area contributed by atoms with Gasteiger partial charge in [0.1, 0.15) is 6.04 Å². The molecule has 0 bridgehead atoms. The van der Waals surface area contributed by atoms with Crippen molar-refractivity contribution in [1.29, 1.82) is 0 Å². The second kappa shape index (κ2) is 9.91. The minimum atomic E-state index is -0.643. The van der Waals surface area contributed by atoms with Crippen molar-refractivity contribution in [2.75, 3.05) is 26.2 Å². The average molecular weight is 429 g/mol. The van der Waals surface area contributed by atoms with Crippen molar-refractivity contribution in [3.63, 3.8) is 0 Å². The Balaban J connectivity index is 1.45. The zero-order chi connectivity index (χ0) is 22.5. The predicted octanol–water partition coefficient (Wildman–Crippen LogP) is 0.585. The van der Waals surface area contributed by atoms with Crippen LogP contribution in [0.1, 0.15) is 27.2 Å². The highest BCUT2D eigenvalue weighted by Gasteiger charge is 2.29. The lowest BCUT2D eigenvalue weighted by Gasteiger charge is -2.36. The maximum atomic E-state index is 12.7. The largest absolute Gasteiger partial charge is 0.346 e. The van der Waals surface area contributed by atoms with Crippen LogP contribution >= 0.6 is 0 Å². The molecule has 9 nitrogen and oxygen atoms in total. The summed E-state index contributed by atoms with van der Waals surface area (Å²) in [4.78, 5) is 45.1. The third kappa shape index (κ3) is 5.41. The zero-order valence-electron chi connectivity index (χ0n) is 18.5. The van der Waals surface area contributed by atoms with Crippen LogP contribution in [0.25, 0.3) is 10.9 Å². The normalized spacial score (nSPS) is 16.4. The van der Waals surface area contributed by atoms with Crippen LogP contribution in [0.15, 0.2) is 30.7 Å². The average Bonchev–Trinajstić information content (AvgIpc) is 3.19. The van der Waals surface area contributed by atoms with Gasteiger partial charge in [-0.3, -0.25) is 19.4 Å². The van der Waals surface area contributed by atoms with Gasteiger partial charge in [0, 0.05) is 56.9 Å². The molecule has 3 rings (SSSR count). The lowest BCUT2D eigenvalue weighted by Crippen LogP contribution is -2.57. The third-order valence-electron chi connectivity index (χ3n) is 5.84. The molecule has 2 unspecified atom stereocenters. The van der Waals surface area contributed by atoms with Crippen molar-refractivity contribution in [1.82, 2.24) is 24.7 Å². The number of pyridine rings is 1. The van der Waals surface area contributed by atoms with Gasteiger partial charge in [-0.05, 0) is 25.0 Å². The molecule has 0 radical (unpaired) electrons. The molecule has 3 N–H and O–H groups in total. The molecular formula is C22H32N6O3. The molecule has 1 aliphatic heterocycles. The molecular weight excluding hydrogens is 396 g/mol. The number of carbonyl (C=O) groups is 3. The van der Waals surface area contributed by atoms with E-state index in [0.717, 1.165) is 10.9 Å². The molecule has 0 aliphatic carbocycles. The smallest absolute Gasteiger partial charge is 0.244 e. The highest BCUT2D eigenvalue weighted by molar-refractivity contribution is 5.89. The van der Waals surface area contributed by atoms with Crippen molar-refractivity contribution < 1.29 is 14.4 Å². The maximum absolute atomic E-state index is 12.7. The van der Waals surface area contributed by atoms with Gasteiger partial charge in [0.05, 0.1) is 17.8 Å². The summed E-state index contributed by atoms with van der Waals surface area (Å²) >= 11 is 0. The first-order valence-corrected chi connectivity index (χ1v) is 10.8. The van der Waals surface area contributed by atoms with Crippen LogP contribution < -0.4 is 11.1 Å². The van der Waals surface area contributed by atoms with E-state index in [9.17, 15) is 14.4 Å². The fourth-order valence-corrected chi connectivity index (χ4v) is 3.72. The molecule has 3 heterocycles. The number of aryl methyl sites for hydroxylation is 1. The lowest BCUT2D eigenvalue weighted by molar-refractivity contribution is -0.141. The third-order valence-corrected chi connectivity index (χ3v) is 5.84. The molecule has 0 saturated carbocycles. The van der Waals surface area contributed by atoms with Gasteiger partial charge in [0.15, 0.2) is 0 Å².